The van der Waals surface area contributed by atoms with E-state index < -0.39 is 10.0 Å². The molecule has 0 spiro atoms. The van der Waals surface area contributed by atoms with Gasteiger partial charge in [-0.1, -0.05) is 42.5 Å². The summed E-state index contributed by atoms with van der Waals surface area (Å²) in [5.74, 6) is -0.317. The highest BCUT2D eigenvalue weighted by Gasteiger charge is 2.23. The van der Waals surface area contributed by atoms with E-state index in [2.05, 4.69) is 10.0 Å². The minimum atomic E-state index is -3.92. The second-order valence-electron chi connectivity index (χ2n) is 7.79. The number of anilines is 2. The van der Waals surface area contributed by atoms with Crippen LogP contribution in [0.15, 0.2) is 83.8 Å². The first-order valence-electron chi connectivity index (χ1n) is 10.8. The number of nitrogens with one attached hydrogen (secondary N) is 2. The molecule has 0 aliphatic carbocycles. The first kappa shape index (κ1) is 22.5. The van der Waals surface area contributed by atoms with Gasteiger partial charge in [0.05, 0.1) is 16.1 Å². The number of hydrogen-bond acceptors (Lipinski definition) is 4. The molecule has 0 atom stereocenters. The summed E-state index contributed by atoms with van der Waals surface area (Å²) in [5, 5.41) is 2.85. The Morgan fingerprint density at radius 3 is 2.30 bits per heavy atom. The average molecular weight is 464 g/mol. The molecular formula is C25H25N3O4S. The number of nitrogens with zero attached hydrogens (tertiary/aromatic N) is 1. The minimum absolute atomic E-state index is 0.0379. The third-order valence-electron chi connectivity index (χ3n) is 5.49. The number of rotatable bonds is 8. The predicted octanol–water partition coefficient (Wildman–Crippen LogP) is 3.59. The summed E-state index contributed by atoms with van der Waals surface area (Å²) in [4.78, 5) is 26.3. The lowest BCUT2D eigenvalue weighted by molar-refractivity contribution is -0.117. The van der Waals surface area contributed by atoms with E-state index in [9.17, 15) is 18.0 Å². The number of sulfonamides is 1. The molecule has 0 saturated carbocycles. The Bertz CT molecular complexity index is 1240. The number of amides is 2. The zero-order valence-corrected chi connectivity index (χ0v) is 18.8. The number of para-hydroxylation sites is 1. The van der Waals surface area contributed by atoms with Crippen LogP contribution in [0.3, 0.4) is 0 Å². The molecule has 1 saturated heterocycles. The molecule has 4 rings (SSSR count). The second-order valence-corrected chi connectivity index (χ2v) is 9.47. The van der Waals surface area contributed by atoms with Crippen molar-refractivity contribution in [3.05, 3.63) is 90.0 Å². The average Bonchev–Trinajstić information content (AvgIpc) is 3.26. The van der Waals surface area contributed by atoms with Gasteiger partial charge in [0.2, 0.25) is 5.91 Å². The lowest BCUT2D eigenvalue weighted by Gasteiger charge is -2.16. The molecule has 1 aliphatic heterocycles. The molecule has 0 unspecified atom stereocenters. The molecule has 3 aromatic carbocycles. The Labute approximate surface area is 193 Å². The fourth-order valence-electron chi connectivity index (χ4n) is 3.76. The standard InChI is InChI=1S/C25H25N3O4S/c29-24-11-6-18-28(24)20-12-14-21(15-13-20)33(31,32)27-23-10-5-4-9-22(23)25(30)26-17-16-19-7-2-1-3-8-19/h1-5,7-10,12-15,27H,6,11,16-18H2,(H,26,30). The van der Waals surface area contributed by atoms with Crippen LogP contribution in [0.25, 0.3) is 0 Å². The first-order chi connectivity index (χ1) is 15.9. The van der Waals surface area contributed by atoms with Crippen LogP contribution in [0, 0.1) is 0 Å². The number of benzene rings is 3. The third-order valence-corrected chi connectivity index (χ3v) is 6.87. The zero-order chi connectivity index (χ0) is 23.3. The summed E-state index contributed by atoms with van der Waals surface area (Å²) in [6.07, 6.45) is 1.97. The van der Waals surface area contributed by atoms with E-state index in [1.54, 1.807) is 41.3 Å². The van der Waals surface area contributed by atoms with Gasteiger partial charge in [-0.2, -0.15) is 0 Å². The van der Waals surface area contributed by atoms with Crippen molar-refractivity contribution in [1.29, 1.82) is 0 Å². The maximum atomic E-state index is 12.9. The molecule has 7 nitrogen and oxygen atoms in total. The second kappa shape index (κ2) is 9.87. The van der Waals surface area contributed by atoms with Crippen molar-refractivity contribution in [2.75, 3.05) is 22.7 Å². The van der Waals surface area contributed by atoms with Crippen LogP contribution >= 0.6 is 0 Å². The Morgan fingerprint density at radius 1 is 0.909 bits per heavy atom. The van der Waals surface area contributed by atoms with E-state index in [1.807, 2.05) is 30.3 Å². The van der Waals surface area contributed by atoms with Crippen LogP contribution < -0.4 is 14.9 Å². The Balaban J connectivity index is 1.45. The smallest absolute Gasteiger partial charge is 0.261 e. The molecule has 1 heterocycles. The van der Waals surface area contributed by atoms with Gasteiger partial charge in [0.15, 0.2) is 0 Å². The monoisotopic (exact) mass is 463 g/mol. The van der Waals surface area contributed by atoms with Crippen molar-refractivity contribution in [3.8, 4) is 0 Å². The third kappa shape index (κ3) is 5.40. The molecule has 0 bridgehead atoms. The van der Waals surface area contributed by atoms with Crippen LogP contribution in [-0.2, 0) is 21.2 Å². The topological polar surface area (TPSA) is 95.6 Å². The fourth-order valence-corrected chi connectivity index (χ4v) is 4.84. The van der Waals surface area contributed by atoms with Crippen molar-refractivity contribution in [1.82, 2.24) is 5.32 Å². The Morgan fingerprint density at radius 2 is 1.61 bits per heavy atom. The highest BCUT2D eigenvalue weighted by Crippen LogP contribution is 2.25. The van der Waals surface area contributed by atoms with Gasteiger partial charge >= 0.3 is 0 Å². The molecule has 0 aromatic heterocycles. The van der Waals surface area contributed by atoms with E-state index in [0.29, 0.717) is 31.6 Å². The number of carbonyl (C=O) groups is 2. The van der Waals surface area contributed by atoms with Crippen LogP contribution in [0.4, 0.5) is 11.4 Å². The van der Waals surface area contributed by atoms with Crippen LogP contribution in [0.2, 0.25) is 0 Å². The van der Waals surface area contributed by atoms with Crippen LogP contribution in [-0.4, -0.2) is 33.3 Å². The van der Waals surface area contributed by atoms with E-state index in [0.717, 1.165) is 12.0 Å². The lowest BCUT2D eigenvalue weighted by atomic mass is 10.1. The molecule has 2 N–H and O–H groups in total. The molecule has 0 radical (unpaired) electrons. The van der Waals surface area contributed by atoms with Crippen molar-refractivity contribution in [3.63, 3.8) is 0 Å². The normalized spacial score (nSPS) is 13.7. The molecular weight excluding hydrogens is 438 g/mol. The largest absolute Gasteiger partial charge is 0.352 e. The number of carbonyl (C=O) groups excluding carboxylic acids is 2. The SMILES string of the molecule is O=C(NCCc1ccccc1)c1ccccc1NS(=O)(=O)c1ccc(N2CCCC2=O)cc1. The van der Waals surface area contributed by atoms with Crippen molar-refractivity contribution in [2.45, 2.75) is 24.2 Å². The van der Waals surface area contributed by atoms with Gasteiger partial charge in [0.1, 0.15) is 0 Å². The molecule has 3 aromatic rings. The molecule has 2 amide bonds. The minimum Gasteiger partial charge on any atom is -0.352 e. The van der Waals surface area contributed by atoms with Gasteiger partial charge in [0.25, 0.3) is 15.9 Å². The Kier molecular flexibility index (Phi) is 6.74. The molecule has 170 valence electrons. The highest BCUT2D eigenvalue weighted by atomic mass is 32.2. The van der Waals surface area contributed by atoms with E-state index in [-0.39, 0.29) is 28.0 Å². The number of hydrogen-bond donors (Lipinski definition) is 2. The fraction of sp³-hybridized carbons (Fsp3) is 0.200. The first-order valence-corrected chi connectivity index (χ1v) is 12.3. The molecule has 33 heavy (non-hydrogen) atoms. The van der Waals surface area contributed by atoms with Gasteiger partial charge < -0.3 is 10.2 Å². The summed E-state index contributed by atoms with van der Waals surface area (Å²) in [5.41, 5.74) is 2.22. The van der Waals surface area contributed by atoms with Crippen LogP contribution in [0.1, 0.15) is 28.8 Å². The predicted molar refractivity (Wildman–Crippen MR) is 128 cm³/mol. The van der Waals surface area contributed by atoms with Gasteiger partial charge in [-0.3, -0.25) is 14.3 Å². The summed E-state index contributed by atoms with van der Waals surface area (Å²) in [6.45, 7) is 1.07. The van der Waals surface area contributed by atoms with Gasteiger partial charge in [-0.25, -0.2) is 8.42 Å². The Hall–Kier alpha value is -3.65. The summed E-state index contributed by atoms with van der Waals surface area (Å²) < 4.78 is 28.4. The van der Waals surface area contributed by atoms with Gasteiger partial charge in [-0.05, 0) is 54.8 Å². The molecule has 1 fully saturated rings. The van der Waals surface area contributed by atoms with Crippen molar-refractivity contribution in [2.24, 2.45) is 0 Å². The van der Waals surface area contributed by atoms with Gasteiger partial charge in [-0.15, -0.1) is 0 Å². The van der Waals surface area contributed by atoms with Gasteiger partial charge in [0, 0.05) is 25.2 Å². The van der Waals surface area contributed by atoms with E-state index in [1.165, 1.54) is 12.1 Å². The van der Waals surface area contributed by atoms with E-state index >= 15 is 0 Å². The summed E-state index contributed by atoms with van der Waals surface area (Å²) in [6, 6.07) is 22.5. The molecule has 1 aliphatic rings. The summed E-state index contributed by atoms with van der Waals surface area (Å²) >= 11 is 0. The van der Waals surface area contributed by atoms with Crippen molar-refractivity contribution < 1.29 is 18.0 Å². The quantitative estimate of drug-likeness (QED) is 0.534. The maximum absolute atomic E-state index is 12.9. The van der Waals surface area contributed by atoms with Crippen molar-refractivity contribution >= 4 is 33.2 Å². The van der Waals surface area contributed by atoms with Crippen LogP contribution in [0.5, 0.6) is 0 Å². The molecule has 8 heteroatoms. The lowest BCUT2D eigenvalue weighted by Crippen LogP contribution is -2.27. The summed E-state index contributed by atoms with van der Waals surface area (Å²) in [7, 11) is -3.92. The van der Waals surface area contributed by atoms with E-state index in [4.69, 9.17) is 0 Å². The maximum Gasteiger partial charge on any atom is 0.261 e. The zero-order valence-electron chi connectivity index (χ0n) is 18.0. The highest BCUT2D eigenvalue weighted by molar-refractivity contribution is 7.92.